The fourth-order valence-corrected chi connectivity index (χ4v) is 0.886. The summed E-state index contributed by atoms with van der Waals surface area (Å²) in [5.41, 5.74) is 0. The van der Waals surface area contributed by atoms with Gasteiger partial charge in [-0.15, -0.1) is 0 Å². The number of rotatable bonds is 6. The SMILES string of the molecule is CCCNC(=O)CCOS(=O)(=O)O. The molecule has 0 aliphatic rings. The van der Waals surface area contributed by atoms with Crippen LogP contribution in [-0.4, -0.2) is 32.0 Å². The molecule has 6 nitrogen and oxygen atoms in total. The molecule has 7 heteroatoms. The summed E-state index contributed by atoms with van der Waals surface area (Å²) >= 11 is 0. The van der Waals surface area contributed by atoms with E-state index in [0.29, 0.717) is 6.54 Å². The summed E-state index contributed by atoms with van der Waals surface area (Å²) in [5, 5.41) is 2.52. The van der Waals surface area contributed by atoms with Crippen LogP contribution >= 0.6 is 0 Å². The summed E-state index contributed by atoms with van der Waals surface area (Å²) in [4.78, 5) is 10.8. The van der Waals surface area contributed by atoms with E-state index in [4.69, 9.17) is 4.55 Å². The molecular formula is C6H13NO5S. The highest BCUT2D eigenvalue weighted by molar-refractivity contribution is 7.80. The zero-order valence-electron chi connectivity index (χ0n) is 7.32. The lowest BCUT2D eigenvalue weighted by atomic mass is 10.4. The second-order valence-corrected chi connectivity index (χ2v) is 3.44. The van der Waals surface area contributed by atoms with Crippen LogP contribution in [0.4, 0.5) is 0 Å². The zero-order chi connectivity index (χ0) is 10.3. The molecule has 13 heavy (non-hydrogen) atoms. The molecule has 0 radical (unpaired) electrons. The highest BCUT2D eigenvalue weighted by atomic mass is 32.3. The van der Waals surface area contributed by atoms with Gasteiger partial charge in [-0.25, -0.2) is 4.18 Å². The number of carbonyl (C=O) groups is 1. The van der Waals surface area contributed by atoms with Crippen molar-refractivity contribution in [3.63, 3.8) is 0 Å². The standard InChI is InChI=1S/C6H13NO5S/c1-2-4-7-6(8)3-5-12-13(9,10)11/h2-5H2,1H3,(H,7,8)(H,9,10,11). The smallest absolute Gasteiger partial charge is 0.356 e. The first-order valence-electron chi connectivity index (χ1n) is 3.84. The van der Waals surface area contributed by atoms with E-state index in [-0.39, 0.29) is 18.9 Å². The van der Waals surface area contributed by atoms with Crippen LogP contribution in [0.3, 0.4) is 0 Å². The zero-order valence-corrected chi connectivity index (χ0v) is 8.13. The van der Waals surface area contributed by atoms with Crippen molar-refractivity contribution in [3.8, 4) is 0 Å². The fraction of sp³-hybridized carbons (Fsp3) is 0.833. The highest BCUT2D eigenvalue weighted by Gasteiger charge is 2.06. The van der Waals surface area contributed by atoms with Crippen molar-refractivity contribution in [2.75, 3.05) is 13.2 Å². The maximum Gasteiger partial charge on any atom is 0.397 e. The molecule has 0 saturated heterocycles. The van der Waals surface area contributed by atoms with E-state index in [1.165, 1.54) is 0 Å². The van der Waals surface area contributed by atoms with Gasteiger partial charge in [0, 0.05) is 6.54 Å². The third-order valence-corrected chi connectivity index (χ3v) is 1.60. The quantitative estimate of drug-likeness (QED) is 0.589. The average Bonchev–Trinajstić information content (AvgIpc) is 1.98. The Labute approximate surface area is 77.2 Å². The van der Waals surface area contributed by atoms with Crippen molar-refractivity contribution in [2.45, 2.75) is 19.8 Å². The molecule has 0 unspecified atom stereocenters. The lowest BCUT2D eigenvalue weighted by Crippen LogP contribution is -2.25. The Kier molecular flexibility index (Phi) is 5.60. The topological polar surface area (TPSA) is 92.7 Å². The highest BCUT2D eigenvalue weighted by Crippen LogP contribution is 1.89. The van der Waals surface area contributed by atoms with Crippen LogP contribution in [0, 0.1) is 0 Å². The van der Waals surface area contributed by atoms with E-state index in [2.05, 4.69) is 9.50 Å². The Morgan fingerprint density at radius 3 is 2.62 bits per heavy atom. The molecule has 0 saturated carbocycles. The summed E-state index contributed by atoms with van der Waals surface area (Å²) in [6.45, 7) is 2.11. The molecular weight excluding hydrogens is 198 g/mol. The molecule has 0 fully saturated rings. The third kappa shape index (κ3) is 9.25. The summed E-state index contributed by atoms with van der Waals surface area (Å²) in [6.07, 6.45) is 0.727. The van der Waals surface area contributed by atoms with Gasteiger partial charge in [0.2, 0.25) is 5.91 Å². The monoisotopic (exact) mass is 211 g/mol. The second kappa shape index (κ2) is 5.90. The number of hydrogen-bond acceptors (Lipinski definition) is 4. The Bertz CT molecular complexity index is 248. The predicted octanol–water partition coefficient (Wildman–Crippen LogP) is -0.278. The molecule has 0 bridgehead atoms. The first kappa shape index (κ1) is 12.3. The van der Waals surface area contributed by atoms with E-state index in [1.807, 2.05) is 6.92 Å². The van der Waals surface area contributed by atoms with E-state index >= 15 is 0 Å². The van der Waals surface area contributed by atoms with Crippen LogP contribution in [0.2, 0.25) is 0 Å². The van der Waals surface area contributed by atoms with Gasteiger partial charge in [0.25, 0.3) is 0 Å². The molecule has 0 aromatic carbocycles. The van der Waals surface area contributed by atoms with E-state index in [1.54, 1.807) is 0 Å². The van der Waals surface area contributed by atoms with E-state index in [9.17, 15) is 13.2 Å². The van der Waals surface area contributed by atoms with Crippen LogP contribution in [0.5, 0.6) is 0 Å². The van der Waals surface area contributed by atoms with Gasteiger partial charge in [0.05, 0.1) is 13.0 Å². The van der Waals surface area contributed by atoms with Gasteiger partial charge >= 0.3 is 10.4 Å². The van der Waals surface area contributed by atoms with Crippen LogP contribution < -0.4 is 5.32 Å². The van der Waals surface area contributed by atoms with Crippen molar-refractivity contribution in [2.24, 2.45) is 0 Å². The van der Waals surface area contributed by atoms with E-state index in [0.717, 1.165) is 6.42 Å². The van der Waals surface area contributed by atoms with Crippen LogP contribution in [-0.2, 0) is 19.4 Å². The molecule has 0 aliphatic heterocycles. The minimum absolute atomic E-state index is 0.0835. The summed E-state index contributed by atoms with van der Waals surface area (Å²) in [7, 11) is -4.42. The molecule has 0 rings (SSSR count). The number of amides is 1. The van der Waals surface area contributed by atoms with Gasteiger partial charge in [-0.2, -0.15) is 8.42 Å². The van der Waals surface area contributed by atoms with Gasteiger partial charge in [0.1, 0.15) is 0 Å². The Morgan fingerprint density at radius 1 is 1.54 bits per heavy atom. The van der Waals surface area contributed by atoms with Gasteiger partial charge in [-0.05, 0) is 6.42 Å². The minimum atomic E-state index is -4.42. The number of nitrogens with one attached hydrogen (secondary N) is 1. The molecule has 0 atom stereocenters. The Morgan fingerprint density at radius 2 is 2.15 bits per heavy atom. The van der Waals surface area contributed by atoms with Crippen LogP contribution in [0.1, 0.15) is 19.8 Å². The maximum atomic E-state index is 10.8. The van der Waals surface area contributed by atoms with Gasteiger partial charge in [-0.1, -0.05) is 6.92 Å². The largest absolute Gasteiger partial charge is 0.397 e. The lowest BCUT2D eigenvalue weighted by molar-refractivity contribution is -0.121. The fourth-order valence-electron chi connectivity index (χ4n) is 0.592. The molecule has 0 spiro atoms. The normalized spacial score (nSPS) is 11.2. The predicted molar refractivity (Wildman–Crippen MR) is 45.4 cm³/mol. The van der Waals surface area contributed by atoms with Crippen molar-refractivity contribution in [3.05, 3.63) is 0 Å². The molecule has 1 amide bonds. The summed E-state index contributed by atoms with van der Waals surface area (Å²) in [6, 6.07) is 0. The second-order valence-electron chi connectivity index (χ2n) is 2.35. The van der Waals surface area contributed by atoms with Crippen LogP contribution in [0.25, 0.3) is 0 Å². The Hall–Kier alpha value is -0.660. The molecule has 2 N–H and O–H groups in total. The average molecular weight is 211 g/mol. The first-order chi connectivity index (χ1) is 5.95. The lowest BCUT2D eigenvalue weighted by Gasteiger charge is -2.02. The van der Waals surface area contributed by atoms with Gasteiger partial charge in [0.15, 0.2) is 0 Å². The third-order valence-electron chi connectivity index (χ3n) is 1.13. The number of carbonyl (C=O) groups excluding carboxylic acids is 1. The Balaban J connectivity index is 3.49. The molecule has 0 aromatic rings. The molecule has 78 valence electrons. The minimum Gasteiger partial charge on any atom is -0.356 e. The maximum absolute atomic E-state index is 10.8. The summed E-state index contributed by atoms with van der Waals surface area (Å²) < 4.78 is 32.1. The van der Waals surface area contributed by atoms with Gasteiger partial charge in [-0.3, -0.25) is 9.35 Å². The van der Waals surface area contributed by atoms with Crippen molar-refractivity contribution in [1.82, 2.24) is 5.32 Å². The van der Waals surface area contributed by atoms with Crippen molar-refractivity contribution >= 4 is 16.3 Å². The number of hydrogen-bond donors (Lipinski definition) is 2. The van der Waals surface area contributed by atoms with Crippen molar-refractivity contribution < 1.29 is 21.9 Å². The molecule has 0 aliphatic carbocycles. The van der Waals surface area contributed by atoms with Crippen LogP contribution in [0.15, 0.2) is 0 Å². The first-order valence-corrected chi connectivity index (χ1v) is 5.20. The molecule has 0 heterocycles. The molecule has 0 aromatic heterocycles. The summed E-state index contributed by atoms with van der Waals surface area (Å²) in [5.74, 6) is -0.300. The van der Waals surface area contributed by atoms with E-state index < -0.39 is 10.4 Å². The van der Waals surface area contributed by atoms with Gasteiger partial charge < -0.3 is 5.32 Å². The van der Waals surface area contributed by atoms with Crippen molar-refractivity contribution in [1.29, 1.82) is 0 Å².